The molecular formula is C60H41N3. The molecule has 0 atom stereocenters. The third-order valence-corrected chi connectivity index (χ3v) is 13.2. The van der Waals surface area contributed by atoms with Crippen molar-refractivity contribution in [2.75, 3.05) is 0 Å². The maximum atomic E-state index is 5.27. The van der Waals surface area contributed by atoms with Crippen LogP contribution in [0.25, 0.3) is 111 Å². The highest BCUT2D eigenvalue weighted by Gasteiger charge is 2.38. The van der Waals surface area contributed by atoms with E-state index in [0.717, 1.165) is 44.6 Å². The number of hydrogen-bond acceptors (Lipinski definition) is 3. The summed E-state index contributed by atoms with van der Waals surface area (Å²) in [6.45, 7) is 4.75. The molecule has 2 heterocycles. The normalized spacial score (nSPS) is 12.7. The number of rotatable bonds is 6. The van der Waals surface area contributed by atoms with Crippen LogP contribution in [0.2, 0.25) is 0 Å². The molecule has 0 fully saturated rings. The minimum Gasteiger partial charge on any atom is -0.264 e. The molecule has 0 amide bonds. The van der Waals surface area contributed by atoms with Gasteiger partial charge in [0.15, 0.2) is 5.82 Å². The first-order chi connectivity index (χ1) is 31.0. The zero-order chi connectivity index (χ0) is 42.1. The predicted molar refractivity (Wildman–Crippen MR) is 263 cm³/mol. The van der Waals surface area contributed by atoms with Crippen LogP contribution in [0.1, 0.15) is 25.0 Å². The molecule has 63 heavy (non-hydrogen) atoms. The maximum Gasteiger partial charge on any atom is 0.160 e. The molecule has 0 saturated carbocycles. The van der Waals surface area contributed by atoms with Gasteiger partial charge >= 0.3 is 0 Å². The lowest BCUT2D eigenvalue weighted by Gasteiger charge is -2.22. The van der Waals surface area contributed by atoms with Crippen LogP contribution in [-0.4, -0.2) is 15.0 Å². The maximum absolute atomic E-state index is 5.27. The Morgan fingerprint density at radius 2 is 0.905 bits per heavy atom. The van der Waals surface area contributed by atoms with Crippen molar-refractivity contribution >= 4 is 32.3 Å². The average molecular weight is 804 g/mol. The summed E-state index contributed by atoms with van der Waals surface area (Å²) in [5.41, 5.74) is 17.3. The van der Waals surface area contributed by atoms with E-state index in [2.05, 4.69) is 195 Å². The van der Waals surface area contributed by atoms with Crippen molar-refractivity contribution < 1.29 is 0 Å². The van der Waals surface area contributed by atoms with Gasteiger partial charge in [0.05, 0.1) is 11.4 Å². The van der Waals surface area contributed by atoms with Crippen molar-refractivity contribution in [3.63, 3.8) is 0 Å². The zero-order valence-corrected chi connectivity index (χ0v) is 35.0. The van der Waals surface area contributed by atoms with Crippen LogP contribution in [0.15, 0.2) is 213 Å². The smallest absolute Gasteiger partial charge is 0.160 e. The number of fused-ring (bicyclic) bond motifs is 7. The Bertz CT molecular complexity index is 3570. The van der Waals surface area contributed by atoms with Gasteiger partial charge in [-0.15, -0.1) is 0 Å². The topological polar surface area (TPSA) is 38.7 Å². The Kier molecular flexibility index (Phi) is 8.52. The van der Waals surface area contributed by atoms with Gasteiger partial charge < -0.3 is 0 Å². The fourth-order valence-corrected chi connectivity index (χ4v) is 10.1. The monoisotopic (exact) mass is 803 g/mol. The van der Waals surface area contributed by atoms with Crippen LogP contribution >= 0.6 is 0 Å². The highest BCUT2D eigenvalue weighted by atomic mass is 14.9. The first kappa shape index (κ1) is 36.8. The summed E-state index contributed by atoms with van der Waals surface area (Å²) in [6, 6.07) is 72.3. The Hall–Kier alpha value is -8.01. The zero-order valence-electron chi connectivity index (χ0n) is 35.0. The minimum absolute atomic E-state index is 0.113. The molecule has 0 unspecified atom stereocenters. The summed E-state index contributed by atoms with van der Waals surface area (Å²) >= 11 is 0. The van der Waals surface area contributed by atoms with Crippen LogP contribution in [0.5, 0.6) is 0 Å². The van der Waals surface area contributed by atoms with Gasteiger partial charge in [-0.2, -0.15) is 0 Å². The molecular weight excluding hydrogens is 763 g/mol. The summed E-state index contributed by atoms with van der Waals surface area (Å²) in [4.78, 5) is 14.7. The molecule has 0 aliphatic heterocycles. The van der Waals surface area contributed by atoms with Crippen molar-refractivity contribution in [2.24, 2.45) is 0 Å². The van der Waals surface area contributed by atoms with E-state index in [4.69, 9.17) is 9.97 Å². The quantitative estimate of drug-likeness (QED) is 0.168. The lowest BCUT2D eigenvalue weighted by molar-refractivity contribution is 0.661. The van der Waals surface area contributed by atoms with E-state index >= 15 is 0 Å². The summed E-state index contributed by atoms with van der Waals surface area (Å²) in [5.74, 6) is 0.695. The Morgan fingerprint density at radius 3 is 1.59 bits per heavy atom. The fourth-order valence-electron chi connectivity index (χ4n) is 10.1. The summed E-state index contributed by atoms with van der Waals surface area (Å²) in [6.07, 6.45) is 3.70. The van der Waals surface area contributed by atoms with E-state index in [1.807, 2.05) is 30.5 Å². The van der Waals surface area contributed by atoms with Crippen molar-refractivity contribution in [3.8, 4) is 78.4 Å². The number of pyridine rings is 1. The van der Waals surface area contributed by atoms with E-state index in [1.165, 1.54) is 71.4 Å². The summed E-state index contributed by atoms with van der Waals surface area (Å²) in [7, 11) is 0. The Labute approximate surface area is 367 Å². The molecule has 0 spiro atoms. The van der Waals surface area contributed by atoms with E-state index in [0.29, 0.717) is 5.82 Å². The lowest BCUT2D eigenvalue weighted by Crippen LogP contribution is -2.14. The van der Waals surface area contributed by atoms with Crippen LogP contribution in [-0.2, 0) is 5.41 Å². The predicted octanol–water partition coefficient (Wildman–Crippen LogP) is 15.6. The van der Waals surface area contributed by atoms with Gasteiger partial charge in [-0.25, -0.2) is 9.97 Å². The second-order valence-electron chi connectivity index (χ2n) is 17.1. The molecule has 11 aromatic rings. The third-order valence-electron chi connectivity index (χ3n) is 13.2. The number of nitrogens with zero attached hydrogens (tertiary/aromatic N) is 3. The molecule has 1 aliphatic rings. The molecule has 0 radical (unpaired) electrons. The van der Waals surface area contributed by atoms with E-state index in [-0.39, 0.29) is 5.41 Å². The average Bonchev–Trinajstić information content (AvgIpc) is 3.60. The van der Waals surface area contributed by atoms with Crippen molar-refractivity contribution in [3.05, 3.63) is 224 Å². The SMILES string of the molecule is CC1(C)c2cccc(-c3ccc(-c4ccc(-c5cc(-c6ccc(-c7cccnc7)cc6)nc(-c6ccccc6)n5)c5ccccc45)c4ccccc34)c2-c2c1ccc1ccccc21. The standard InChI is InChI=1S/C60H41N3/c1-60(2)53-24-12-23-52(58(53)57-43-18-7-6-14-39(43)29-34-54(57)60)50-31-30-48(44-19-8-9-20-45(44)50)49-32-33-51(47-22-11-10-21-46(47)49)56-36-55(62-59(63-56)41-15-4-3-5-16-41)40-27-25-38(26-28-40)42-17-13-35-61-37-42/h3-37H,1-2H3. The highest BCUT2D eigenvalue weighted by molar-refractivity contribution is 6.14. The number of benzene rings is 9. The molecule has 296 valence electrons. The lowest BCUT2D eigenvalue weighted by atomic mass is 9.81. The van der Waals surface area contributed by atoms with Crippen LogP contribution in [0.4, 0.5) is 0 Å². The first-order valence-corrected chi connectivity index (χ1v) is 21.7. The molecule has 0 saturated heterocycles. The number of aromatic nitrogens is 3. The summed E-state index contributed by atoms with van der Waals surface area (Å²) in [5, 5.41) is 7.38. The van der Waals surface area contributed by atoms with Gasteiger partial charge in [0, 0.05) is 34.5 Å². The van der Waals surface area contributed by atoms with Crippen LogP contribution < -0.4 is 0 Å². The second kappa shape index (κ2) is 14.6. The molecule has 0 N–H and O–H groups in total. The van der Waals surface area contributed by atoms with Gasteiger partial charge in [0.2, 0.25) is 0 Å². The van der Waals surface area contributed by atoms with Crippen molar-refractivity contribution in [1.29, 1.82) is 0 Å². The Morgan fingerprint density at radius 1 is 0.349 bits per heavy atom. The largest absolute Gasteiger partial charge is 0.264 e. The second-order valence-corrected chi connectivity index (χ2v) is 17.1. The minimum atomic E-state index is -0.113. The van der Waals surface area contributed by atoms with E-state index < -0.39 is 0 Å². The van der Waals surface area contributed by atoms with E-state index in [1.54, 1.807) is 6.20 Å². The molecule has 1 aliphatic carbocycles. The van der Waals surface area contributed by atoms with Crippen LogP contribution in [0.3, 0.4) is 0 Å². The Balaban J connectivity index is 1.01. The molecule has 2 aromatic heterocycles. The van der Waals surface area contributed by atoms with Crippen molar-refractivity contribution in [1.82, 2.24) is 15.0 Å². The summed E-state index contributed by atoms with van der Waals surface area (Å²) < 4.78 is 0. The molecule has 3 nitrogen and oxygen atoms in total. The van der Waals surface area contributed by atoms with E-state index in [9.17, 15) is 0 Å². The van der Waals surface area contributed by atoms with Gasteiger partial charge in [-0.3, -0.25) is 4.98 Å². The van der Waals surface area contributed by atoms with Gasteiger partial charge in [0.25, 0.3) is 0 Å². The third kappa shape index (κ3) is 6.00. The van der Waals surface area contributed by atoms with Gasteiger partial charge in [-0.05, 0) is 100 Å². The first-order valence-electron chi connectivity index (χ1n) is 21.7. The van der Waals surface area contributed by atoms with Gasteiger partial charge in [0.1, 0.15) is 0 Å². The van der Waals surface area contributed by atoms with Crippen LogP contribution in [0, 0.1) is 0 Å². The molecule has 12 rings (SSSR count). The highest BCUT2D eigenvalue weighted by Crippen LogP contribution is 2.55. The molecule has 9 aromatic carbocycles. The van der Waals surface area contributed by atoms with Gasteiger partial charge in [-0.1, -0.05) is 202 Å². The molecule has 3 heteroatoms. The van der Waals surface area contributed by atoms with Crippen molar-refractivity contribution in [2.45, 2.75) is 19.3 Å². The number of hydrogen-bond donors (Lipinski definition) is 0. The fraction of sp³-hybridized carbons (Fsp3) is 0.0500. The molecule has 0 bridgehead atoms.